The van der Waals surface area contributed by atoms with Crippen molar-refractivity contribution in [2.45, 2.75) is 51.6 Å². The van der Waals surface area contributed by atoms with Crippen molar-refractivity contribution in [3.8, 4) is 0 Å². The highest BCUT2D eigenvalue weighted by Gasteiger charge is 2.61. The highest BCUT2D eigenvalue weighted by atomic mass is 16.1. The van der Waals surface area contributed by atoms with Crippen molar-refractivity contribution < 1.29 is 4.79 Å². The normalized spacial score (nSPS) is 34.8. The SMILES string of the molecule is CC1=C[C@]23CC(C)(C)N=C2c2ccccc2N[C@]3(C)CC1=O. The number of anilines is 1. The summed E-state index contributed by atoms with van der Waals surface area (Å²) >= 11 is 0. The molecule has 3 nitrogen and oxygen atoms in total. The van der Waals surface area contributed by atoms with Gasteiger partial charge in [0.2, 0.25) is 0 Å². The van der Waals surface area contributed by atoms with E-state index in [1.54, 1.807) is 0 Å². The van der Waals surface area contributed by atoms with Gasteiger partial charge < -0.3 is 5.32 Å². The Morgan fingerprint density at radius 2 is 1.91 bits per heavy atom. The third-order valence-electron chi connectivity index (χ3n) is 5.54. The number of benzene rings is 1. The van der Waals surface area contributed by atoms with E-state index in [0.717, 1.165) is 23.4 Å². The fraction of sp³-hybridized carbons (Fsp3) is 0.474. The number of nitrogens with zero attached hydrogens (tertiary/aromatic N) is 1. The fourth-order valence-electron chi connectivity index (χ4n) is 4.56. The first-order chi connectivity index (χ1) is 10.3. The summed E-state index contributed by atoms with van der Waals surface area (Å²) < 4.78 is 0. The number of ketones is 1. The van der Waals surface area contributed by atoms with Crippen molar-refractivity contribution in [3.63, 3.8) is 0 Å². The molecular formula is C19H22N2O. The van der Waals surface area contributed by atoms with Gasteiger partial charge in [-0.15, -0.1) is 0 Å². The zero-order valence-electron chi connectivity index (χ0n) is 13.7. The van der Waals surface area contributed by atoms with Crippen molar-refractivity contribution in [2.24, 2.45) is 10.4 Å². The van der Waals surface area contributed by atoms with Gasteiger partial charge in [0.15, 0.2) is 5.78 Å². The van der Waals surface area contributed by atoms with E-state index in [9.17, 15) is 4.79 Å². The maximum Gasteiger partial charge on any atom is 0.160 e. The van der Waals surface area contributed by atoms with Gasteiger partial charge in [0.25, 0.3) is 0 Å². The van der Waals surface area contributed by atoms with E-state index >= 15 is 0 Å². The number of para-hydroxylation sites is 1. The third kappa shape index (κ3) is 1.57. The van der Waals surface area contributed by atoms with Gasteiger partial charge in [0.1, 0.15) is 0 Å². The molecule has 1 N–H and O–H groups in total. The van der Waals surface area contributed by atoms with Crippen LogP contribution in [-0.4, -0.2) is 22.6 Å². The fourth-order valence-corrected chi connectivity index (χ4v) is 4.56. The first kappa shape index (κ1) is 13.7. The predicted molar refractivity (Wildman–Crippen MR) is 89.5 cm³/mol. The molecule has 0 fully saturated rings. The lowest BCUT2D eigenvalue weighted by Crippen LogP contribution is -2.60. The molecule has 2 heterocycles. The average Bonchev–Trinajstić information content (AvgIpc) is 2.70. The summed E-state index contributed by atoms with van der Waals surface area (Å²) in [6.45, 7) is 8.51. The van der Waals surface area contributed by atoms with Crippen molar-refractivity contribution in [3.05, 3.63) is 41.5 Å². The number of hydrogen-bond donors (Lipinski definition) is 1. The molecule has 1 aromatic carbocycles. The van der Waals surface area contributed by atoms with Crippen LogP contribution in [0.1, 0.15) is 46.1 Å². The molecule has 1 aromatic rings. The number of allylic oxidation sites excluding steroid dienone is 1. The number of hydrogen-bond acceptors (Lipinski definition) is 3. The van der Waals surface area contributed by atoms with Gasteiger partial charge in [-0.2, -0.15) is 0 Å². The summed E-state index contributed by atoms with van der Waals surface area (Å²) in [5.41, 5.74) is 3.72. The Bertz CT molecular complexity index is 758. The number of rotatable bonds is 0. The standard InChI is InChI=1S/C19H22N2O/c1-12-9-19-11-17(2,3)21-16(19)13-7-5-6-8-14(13)20-18(19,4)10-15(12)22/h5-9,20H,10-11H2,1-4H3/t18-,19+/m1/s1. The van der Waals surface area contributed by atoms with Gasteiger partial charge >= 0.3 is 0 Å². The largest absolute Gasteiger partial charge is 0.378 e. The van der Waals surface area contributed by atoms with Gasteiger partial charge in [0, 0.05) is 17.7 Å². The summed E-state index contributed by atoms with van der Waals surface area (Å²) in [7, 11) is 0. The minimum atomic E-state index is -0.301. The number of Topliss-reactive ketones (excluding diaryl/α,β-unsaturated/α-hetero) is 1. The Kier molecular flexibility index (Phi) is 2.43. The molecule has 0 radical (unpaired) electrons. The number of fused-ring (bicyclic) bond motifs is 2. The van der Waals surface area contributed by atoms with Gasteiger partial charge in [0.05, 0.1) is 22.2 Å². The summed E-state index contributed by atoms with van der Waals surface area (Å²) in [5.74, 6) is 0.240. The lowest BCUT2D eigenvalue weighted by atomic mass is 9.56. The molecule has 0 unspecified atom stereocenters. The Hall–Kier alpha value is -1.90. The van der Waals surface area contributed by atoms with Crippen LogP contribution in [0.25, 0.3) is 0 Å². The highest BCUT2D eigenvalue weighted by molar-refractivity contribution is 6.16. The monoisotopic (exact) mass is 294 g/mol. The molecular weight excluding hydrogens is 272 g/mol. The van der Waals surface area contributed by atoms with Crippen molar-refractivity contribution in [2.75, 3.05) is 5.32 Å². The van der Waals surface area contributed by atoms with Crippen LogP contribution >= 0.6 is 0 Å². The molecule has 0 saturated heterocycles. The Balaban J connectivity index is 2.05. The maximum absolute atomic E-state index is 12.4. The second-order valence-corrected chi connectivity index (χ2v) is 7.85. The molecule has 2 aliphatic heterocycles. The minimum absolute atomic E-state index is 0.104. The first-order valence-electron chi connectivity index (χ1n) is 7.97. The molecule has 114 valence electrons. The van der Waals surface area contributed by atoms with Crippen LogP contribution in [-0.2, 0) is 4.79 Å². The highest BCUT2D eigenvalue weighted by Crippen LogP contribution is 2.57. The van der Waals surface area contributed by atoms with E-state index in [1.807, 2.05) is 13.0 Å². The van der Waals surface area contributed by atoms with Crippen LogP contribution in [0.5, 0.6) is 0 Å². The Morgan fingerprint density at radius 1 is 1.18 bits per heavy atom. The zero-order chi connectivity index (χ0) is 15.8. The summed E-state index contributed by atoms with van der Waals surface area (Å²) in [5, 5.41) is 3.68. The van der Waals surface area contributed by atoms with Crippen LogP contribution in [0, 0.1) is 5.41 Å². The van der Waals surface area contributed by atoms with E-state index in [1.165, 1.54) is 5.56 Å². The van der Waals surface area contributed by atoms with Crippen LogP contribution in [0.4, 0.5) is 5.69 Å². The summed E-state index contributed by atoms with van der Waals surface area (Å²) in [6, 6.07) is 8.33. The van der Waals surface area contributed by atoms with Gasteiger partial charge in [-0.3, -0.25) is 9.79 Å². The number of nitrogens with one attached hydrogen (secondary N) is 1. The zero-order valence-corrected chi connectivity index (χ0v) is 13.7. The smallest absolute Gasteiger partial charge is 0.160 e. The van der Waals surface area contributed by atoms with Crippen LogP contribution in [0.3, 0.4) is 0 Å². The lowest BCUT2D eigenvalue weighted by Gasteiger charge is -2.53. The van der Waals surface area contributed by atoms with Crippen LogP contribution in [0.2, 0.25) is 0 Å². The molecule has 3 aliphatic rings. The van der Waals surface area contributed by atoms with E-state index < -0.39 is 0 Å². The van der Waals surface area contributed by atoms with Crippen LogP contribution in [0.15, 0.2) is 40.9 Å². The van der Waals surface area contributed by atoms with E-state index in [0.29, 0.717) is 6.42 Å². The Morgan fingerprint density at radius 3 is 2.68 bits per heavy atom. The number of aliphatic imine (C=N–C) groups is 1. The van der Waals surface area contributed by atoms with Crippen molar-refractivity contribution >= 4 is 17.2 Å². The molecule has 4 rings (SSSR count). The van der Waals surface area contributed by atoms with Crippen molar-refractivity contribution in [1.82, 2.24) is 0 Å². The third-order valence-corrected chi connectivity index (χ3v) is 5.54. The van der Waals surface area contributed by atoms with E-state index in [4.69, 9.17) is 4.99 Å². The van der Waals surface area contributed by atoms with Crippen LogP contribution < -0.4 is 5.32 Å². The average molecular weight is 294 g/mol. The molecule has 0 saturated carbocycles. The quantitative estimate of drug-likeness (QED) is 0.792. The van der Waals surface area contributed by atoms with Gasteiger partial charge in [-0.1, -0.05) is 24.3 Å². The molecule has 1 aliphatic carbocycles. The Labute approximate surface area is 131 Å². The first-order valence-corrected chi connectivity index (χ1v) is 7.97. The second kappa shape index (κ2) is 3.89. The van der Waals surface area contributed by atoms with Crippen molar-refractivity contribution in [1.29, 1.82) is 0 Å². The molecule has 1 spiro atoms. The molecule has 0 bridgehead atoms. The van der Waals surface area contributed by atoms with E-state index in [-0.39, 0.29) is 22.3 Å². The molecule has 2 atom stereocenters. The minimum Gasteiger partial charge on any atom is -0.378 e. The summed E-state index contributed by atoms with van der Waals surface area (Å²) in [6.07, 6.45) is 3.66. The predicted octanol–water partition coefficient (Wildman–Crippen LogP) is 3.75. The topological polar surface area (TPSA) is 41.5 Å². The number of carbonyl (C=O) groups is 1. The molecule has 0 amide bonds. The molecule has 0 aromatic heterocycles. The molecule has 3 heteroatoms. The summed E-state index contributed by atoms with van der Waals surface area (Å²) in [4.78, 5) is 17.4. The maximum atomic E-state index is 12.4. The van der Waals surface area contributed by atoms with Gasteiger partial charge in [-0.05, 0) is 45.8 Å². The molecule has 22 heavy (non-hydrogen) atoms. The second-order valence-electron chi connectivity index (χ2n) is 7.85. The lowest BCUT2D eigenvalue weighted by molar-refractivity contribution is -0.117. The number of carbonyl (C=O) groups excluding carboxylic acids is 1. The van der Waals surface area contributed by atoms with E-state index in [2.05, 4.69) is 50.4 Å². The van der Waals surface area contributed by atoms with Gasteiger partial charge in [-0.25, -0.2) is 0 Å².